The summed E-state index contributed by atoms with van der Waals surface area (Å²) in [6.45, 7) is 0.302. The van der Waals surface area contributed by atoms with Crippen molar-refractivity contribution in [1.29, 1.82) is 5.41 Å². The van der Waals surface area contributed by atoms with E-state index < -0.39 is 10.0 Å². The van der Waals surface area contributed by atoms with E-state index in [0.717, 1.165) is 5.56 Å². The van der Waals surface area contributed by atoms with E-state index in [9.17, 15) is 13.2 Å². The summed E-state index contributed by atoms with van der Waals surface area (Å²) in [6, 6.07) is 26.4. The summed E-state index contributed by atoms with van der Waals surface area (Å²) in [5.74, 6) is -0.431. The zero-order valence-corrected chi connectivity index (χ0v) is 19.1. The van der Waals surface area contributed by atoms with Crippen LogP contribution < -0.4 is 15.8 Å². The molecule has 0 saturated heterocycles. The number of carbonyl (C=O) groups is 1. The summed E-state index contributed by atoms with van der Waals surface area (Å²) in [5.41, 5.74) is 8.51. The smallest absolute Gasteiger partial charge is 0.252 e. The number of carbonyl (C=O) groups excluding carboxylic acids is 1. The van der Waals surface area contributed by atoms with Gasteiger partial charge in [0.05, 0.1) is 11.4 Å². The highest BCUT2D eigenvalue weighted by molar-refractivity contribution is 7.91. The first-order valence-electron chi connectivity index (χ1n) is 10.6. The van der Waals surface area contributed by atoms with Crippen LogP contribution in [-0.2, 0) is 22.3 Å². The number of nitrogens with two attached hydrogens (primary N) is 1. The predicted octanol–water partition coefficient (Wildman–Crippen LogP) is 4.00. The van der Waals surface area contributed by atoms with E-state index in [1.54, 1.807) is 84.9 Å². The molecule has 34 heavy (non-hydrogen) atoms. The molecule has 0 unspecified atom stereocenters. The molecule has 0 saturated carbocycles. The molecule has 172 valence electrons. The van der Waals surface area contributed by atoms with E-state index in [1.807, 2.05) is 6.07 Å². The summed E-state index contributed by atoms with van der Waals surface area (Å²) < 4.78 is 28.2. The van der Waals surface area contributed by atoms with Crippen LogP contribution >= 0.6 is 0 Å². The molecule has 0 aliphatic carbocycles. The van der Waals surface area contributed by atoms with Crippen LogP contribution in [0.1, 0.15) is 27.0 Å². The number of nitrogen functional groups attached to an aromatic ring is 1. The molecule has 0 spiro atoms. The molecule has 0 aliphatic heterocycles. The molecule has 0 bridgehead atoms. The van der Waals surface area contributed by atoms with Gasteiger partial charge in [-0.2, -0.15) is 0 Å². The molecule has 0 atom stereocenters. The molecule has 7 nitrogen and oxygen atoms in total. The first-order chi connectivity index (χ1) is 16.3. The minimum atomic E-state index is -3.64. The van der Waals surface area contributed by atoms with Gasteiger partial charge in [0, 0.05) is 23.1 Å². The summed E-state index contributed by atoms with van der Waals surface area (Å²) in [6.07, 6.45) is 0. The van der Waals surface area contributed by atoms with Crippen LogP contribution in [0.15, 0.2) is 91.0 Å². The van der Waals surface area contributed by atoms with Gasteiger partial charge in [-0.1, -0.05) is 78.9 Å². The van der Waals surface area contributed by atoms with Crippen LogP contribution in [0.4, 0.5) is 5.69 Å². The van der Waals surface area contributed by atoms with Crippen LogP contribution in [0.25, 0.3) is 10.8 Å². The van der Waals surface area contributed by atoms with Gasteiger partial charge in [0.25, 0.3) is 5.91 Å². The third kappa shape index (κ3) is 5.41. The summed E-state index contributed by atoms with van der Waals surface area (Å²) in [4.78, 5) is 12.9. The number of fused-ring (bicyclic) bond motifs is 1. The first kappa shape index (κ1) is 23.0. The lowest BCUT2D eigenvalue weighted by atomic mass is 10.0. The average Bonchev–Trinajstić information content (AvgIpc) is 2.83. The van der Waals surface area contributed by atoms with Crippen molar-refractivity contribution in [2.24, 2.45) is 5.73 Å². The zero-order chi connectivity index (χ0) is 24.1. The Hall–Kier alpha value is -4.17. The quantitative estimate of drug-likeness (QED) is 0.228. The van der Waals surface area contributed by atoms with Gasteiger partial charge in [-0.3, -0.25) is 14.9 Å². The highest BCUT2D eigenvalue weighted by Gasteiger charge is 2.16. The van der Waals surface area contributed by atoms with Crippen molar-refractivity contribution < 1.29 is 13.2 Å². The van der Waals surface area contributed by atoms with E-state index >= 15 is 0 Å². The van der Waals surface area contributed by atoms with Crippen LogP contribution in [0.5, 0.6) is 0 Å². The van der Waals surface area contributed by atoms with E-state index in [1.165, 1.54) is 0 Å². The fourth-order valence-electron chi connectivity index (χ4n) is 3.67. The molecule has 0 heterocycles. The van der Waals surface area contributed by atoms with Crippen LogP contribution in [-0.4, -0.2) is 20.2 Å². The van der Waals surface area contributed by atoms with Crippen molar-refractivity contribution in [3.05, 3.63) is 113 Å². The normalized spacial score (nSPS) is 11.2. The number of hydrogen-bond donors (Lipinski definition) is 4. The lowest BCUT2D eigenvalue weighted by molar-refractivity contribution is 0.0952. The molecular weight excluding hydrogens is 448 g/mol. The predicted molar refractivity (Wildman–Crippen MR) is 135 cm³/mol. The lowest BCUT2D eigenvalue weighted by Crippen LogP contribution is -2.23. The average molecular weight is 473 g/mol. The van der Waals surface area contributed by atoms with Gasteiger partial charge in [-0.15, -0.1) is 0 Å². The molecular formula is C26H24N4O3S. The van der Waals surface area contributed by atoms with E-state index in [2.05, 4.69) is 10.0 Å². The highest BCUT2D eigenvalue weighted by Crippen LogP contribution is 2.27. The third-order valence-corrected chi connectivity index (χ3v) is 6.59. The second-order valence-corrected chi connectivity index (χ2v) is 9.57. The molecule has 0 radical (unpaired) electrons. The highest BCUT2D eigenvalue weighted by atomic mass is 32.2. The molecule has 0 aromatic heterocycles. The van der Waals surface area contributed by atoms with E-state index in [-0.39, 0.29) is 17.5 Å². The Morgan fingerprint density at radius 3 is 2.18 bits per heavy atom. The van der Waals surface area contributed by atoms with Crippen molar-refractivity contribution >= 4 is 38.2 Å². The Morgan fingerprint density at radius 1 is 0.794 bits per heavy atom. The van der Waals surface area contributed by atoms with Crippen molar-refractivity contribution in [2.75, 3.05) is 4.72 Å². The van der Waals surface area contributed by atoms with Gasteiger partial charge in [0.2, 0.25) is 10.0 Å². The zero-order valence-electron chi connectivity index (χ0n) is 18.3. The number of anilines is 1. The second kappa shape index (κ2) is 9.76. The van der Waals surface area contributed by atoms with Gasteiger partial charge >= 0.3 is 0 Å². The standard InChI is InChI=1S/C26H24N4O3S/c27-25(28)20-14-12-18(13-15-20)16-29-26(31)23-10-4-9-22-21(23)8-5-11-24(22)30-34(32,33)17-19-6-2-1-3-7-19/h1-15,30H,16-17H2,(H3,27,28)(H,29,31). The van der Waals surface area contributed by atoms with Gasteiger partial charge in [-0.25, -0.2) is 8.42 Å². The number of hydrogen-bond acceptors (Lipinski definition) is 4. The molecule has 5 N–H and O–H groups in total. The Labute approximate surface area is 198 Å². The van der Waals surface area contributed by atoms with Gasteiger partial charge in [0.1, 0.15) is 5.84 Å². The maximum Gasteiger partial charge on any atom is 0.252 e. The summed E-state index contributed by atoms with van der Waals surface area (Å²) >= 11 is 0. The Morgan fingerprint density at radius 2 is 1.47 bits per heavy atom. The number of rotatable bonds is 8. The molecule has 4 rings (SSSR count). The van der Waals surface area contributed by atoms with Crippen LogP contribution in [0.3, 0.4) is 0 Å². The number of amides is 1. The maximum atomic E-state index is 12.9. The van der Waals surface area contributed by atoms with Gasteiger partial charge in [-0.05, 0) is 28.6 Å². The molecule has 4 aromatic carbocycles. The summed E-state index contributed by atoms with van der Waals surface area (Å²) in [5, 5.41) is 11.6. The Bertz CT molecular complexity index is 1450. The van der Waals surface area contributed by atoms with Gasteiger partial charge < -0.3 is 11.1 Å². The fourth-order valence-corrected chi connectivity index (χ4v) is 4.89. The van der Waals surface area contributed by atoms with Crippen molar-refractivity contribution in [3.8, 4) is 0 Å². The van der Waals surface area contributed by atoms with Crippen LogP contribution in [0, 0.1) is 5.41 Å². The van der Waals surface area contributed by atoms with Crippen LogP contribution in [0.2, 0.25) is 0 Å². The molecule has 0 aliphatic rings. The van der Waals surface area contributed by atoms with Crippen molar-refractivity contribution in [3.63, 3.8) is 0 Å². The largest absolute Gasteiger partial charge is 0.384 e. The molecule has 1 amide bonds. The maximum absolute atomic E-state index is 12.9. The van der Waals surface area contributed by atoms with Crippen molar-refractivity contribution in [2.45, 2.75) is 12.3 Å². The minimum absolute atomic E-state index is 0.0125. The molecule has 4 aromatic rings. The second-order valence-electron chi connectivity index (χ2n) is 7.85. The Kier molecular flexibility index (Phi) is 6.60. The monoisotopic (exact) mass is 472 g/mol. The SMILES string of the molecule is N=C(N)c1ccc(CNC(=O)c2cccc3c(NS(=O)(=O)Cc4ccccc4)cccc23)cc1. The number of sulfonamides is 1. The topological polar surface area (TPSA) is 125 Å². The number of nitrogens with one attached hydrogen (secondary N) is 3. The Balaban J connectivity index is 1.54. The summed E-state index contributed by atoms with van der Waals surface area (Å²) in [7, 11) is -3.64. The third-order valence-electron chi connectivity index (χ3n) is 5.35. The molecule has 8 heteroatoms. The first-order valence-corrected chi connectivity index (χ1v) is 12.3. The van der Waals surface area contributed by atoms with Crippen molar-refractivity contribution in [1.82, 2.24) is 5.32 Å². The lowest BCUT2D eigenvalue weighted by Gasteiger charge is -2.13. The minimum Gasteiger partial charge on any atom is -0.384 e. The van der Waals surface area contributed by atoms with E-state index in [4.69, 9.17) is 11.1 Å². The van der Waals surface area contributed by atoms with Gasteiger partial charge in [0.15, 0.2) is 0 Å². The number of amidine groups is 1. The fraction of sp³-hybridized carbons (Fsp3) is 0.0769. The van der Waals surface area contributed by atoms with E-state index in [0.29, 0.717) is 39.7 Å². The number of benzene rings is 4. The molecule has 0 fully saturated rings.